The molecule has 0 spiro atoms. The second-order valence-corrected chi connectivity index (χ2v) is 4.79. The zero-order chi connectivity index (χ0) is 15.5. The van der Waals surface area contributed by atoms with E-state index in [4.69, 9.17) is 0 Å². The average molecular weight is 299 g/mol. The lowest BCUT2D eigenvalue weighted by Crippen LogP contribution is -2.20. The van der Waals surface area contributed by atoms with Gasteiger partial charge >= 0.3 is 0 Å². The van der Waals surface area contributed by atoms with Crippen molar-refractivity contribution in [3.63, 3.8) is 0 Å². The maximum absolute atomic E-state index is 13.6. The molecule has 0 aliphatic heterocycles. The molecule has 6 heteroatoms. The summed E-state index contributed by atoms with van der Waals surface area (Å²) in [5, 5.41) is 11.9. The van der Waals surface area contributed by atoms with Crippen molar-refractivity contribution in [2.75, 3.05) is 5.32 Å². The molecule has 0 atom stereocenters. The summed E-state index contributed by atoms with van der Waals surface area (Å²) in [5.74, 6) is -0.485. The minimum absolute atomic E-state index is 0.0509. The van der Waals surface area contributed by atoms with Crippen molar-refractivity contribution in [2.45, 2.75) is 13.2 Å². The van der Waals surface area contributed by atoms with E-state index in [0.717, 1.165) is 5.52 Å². The minimum Gasteiger partial charge on any atom is -0.388 e. The van der Waals surface area contributed by atoms with Crippen LogP contribution in [0, 0.1) is 5.82 Å². The largest absolute Gasteiger partial charge is 0.388 e. The first-order valence-corrected chi connectivity index (χ1v) is 6.78. The fourth-order valence-electron chi connectivity index (χ4n) is 2.32. The van der Waals surface area contributed by atoms with Gasteiger partial charge in [-0.2, -0.15) is 0 Å². The number of halogens is 1. The Morgan fingerprint density at radius 1 is 1.18 bits per heavy atom. The molecule has 1 heterocycles. The molecule has 1 amide bonds. The zero-order valence-corrected chi connectivity index (χ0v) is 11.7. The molecule has 0 aliphatic carbocycles. The number of hydrogen-bond donors (Lipinski definition) is 2. The van der Waals surface area contributed by atoms with Crippen LogP contribution < -0.4 is 5.32 Å². The molecule has 3 aromatic rings. The molecule has 2 N–H and O–H groups in total. The number of imidazole rings is 1. The first kappa shape index (κ1) is 14.2. The molecule has 5 nitrogen and oxygen atoms in total. The Labute approximate surface area is 126 Å². The SMILES string of the molecule is O=C(Cn1c(CO)nc2ccccc21)Nc1ccccc1F. The summed E-state index contributed by atoms with van der Waals surface area (Å²) in [4.78, 5) is 16.4. The third-order valence-corrected chi connectivity index (χ3v) is 3.32. The minimum atomic E-state index is -0.492. The van der Waals surface area contributed by atoms with Crippen LogP contribution in [0.15, 0.2) is 48.5 Å². The monoisotopic (exact) mass is 299 g/mol. The van der Waals surface area contributed by atoms with Crippen LogP contribution in [-0.2, 0) is 17.9 Å². The van der Waals surface area contributed by atoms with Crippen LogP contribution in [0.5, 0.6) is 0 Å². The van der Waals surface area contributed by atoms with Gasteiger partial charge in [0.1, 0.15) is 24.8 Å². The van der Waals surface area contributed by atoms with E-state index in [9.17, 15) is 14.3 Å². The fourth-order valence-corrected chi connectivity index (χ4v) is 2.32. The molecule has 0 aliphatic rings. The van der Waals surface area contributed by atoms with E-state index in [1.165, 1.54) is 12.1 Å². The standard InChI is InChI=1S/C16H14FN3O2/c17-11-5-1-2-6-12(11)19-16(22)9-20-14-8-4-3-7-13(14)18-15(20)10-21/h1-8,21H,9-10H2,(H,19,22). The molecule has 0 fully saturated rings. The van der Waals surface area contributed by atoms with Crippen LogP contribution in [0.3, 0.4) is 0 Å². The summed E-state index contributed by atoms with van der Waals surface area (Å²) in [6.45, 7) is -0.327. The van der Waals surface area contributed by atoms with Crippen LogP contribution >= 0.6 is 0 Å². The van der Waals surface area contributed by atoms with E-state index in [-0.39, 0.29) is 24.7 Å². The summed E-state index contributed by atoms with van der Waals surface area (Å²) < 4.78 is 15.2. The lowest BCUT2D eigenvalue weighted by Gasteiger charge is -2.09. The number of aliphatic hydroxyl groups excluding tert-OH is 1. The Hall–Kier alpha value is -2.73. The highest BCUT2D eigenvalue weighted by Crippen LogP contribution is 2.17. The topological polar surface area (TPSA) is 67.2 Å². The molecular formula is C16H14FN3O2. The summed E-state index contributed by atoms with van der Waals surface area (Å²) >= 11 is 0. The highest BCUT2D eigenvalue weighted by Gasteiger charge is 2.13. The number of rotatable bonds is 4. The maximum Gasteiger partial charge on any atom is 0.244 e. The number of carbonyl (C=O) groups is 1. The number of fused-ring (bicyclic) bond motifs is 1. The quantitative estimate of drug-likeness (QED) is 0.777. The molecular weight excluding hydrogens is 285 g/mol. The Bertz CT molecular complexity index is 829. The highest BCUT2D eigenvalue weighted by molar-refractivity contribution is 5.91. The van der Waals surface area contributed by atoms with Gasteiger partial charge in [0.05, 0.1) is 16.7 Å². The number of hydrogen-bond acceptors (Lipinski definition) is 3. The van der Waals surface area contributed by atoms with Crippen molar-refractivity contribution in [2.24, 2.45) is 0 Å². The van der Waals surface area contributed by atoms with Crippen LogP contribution in [0.1, 0.15) is 5.82 Å². The number of carbonyl (C=O) groups excluding carboxylic acids is 1. The molecule has 0 bridgehead atoms. The first-order valence-electron chi connectivity index (χ1n) is 6.78. The van der Waals surface area contributed by atoms with Gasteiger partial charge in [-0.3, -0.25) is 4.79 Å². The summed E-state index contributed by atoms with van der Waals surface area (Å²) in [6, 6.07) is 13.3. The van der Waals surface area contributed by atoms with Crippen LogP contribution in [0.25, 0.3) is 11.0 Å². The Kier molecular flexibility index (Phi) is 3.84. The van der Waals surface area contributed by atoms with Gasteiger partial charge in [0.25, 0.3) is 0 Å². The van der Waals surface area contributed by atoms with Crippen molar-refractivity contribution in [3.8, 4) is 0 Å². The van der Waals surface area contributed by atoms with Gasteiger partial charge in [-0.25, -0.2) is 9.37 Å². The van der Waals surface area contributed by atoms with E-state index in [2.05, 4.69) is 10.3 Å². The molecule has 3 rings (SSSR count). The van der Waals surface area contributed by atoms with Gasteiger partial charge in [0, 0.05) is 0 Å². The second kappa shape index (κ2) is 5.95. The normalized spacial score (nSPS) is 10.8. The number of aromatic nitrogens is 2. The number of nitrogens with one attached hydrogen (secondary N) is 1. The van der Waals surface area contributed by atoms with Crippen molar-refractivity contribution < 1.29 is 14.3 Å². The lowest BCUT2D eigenvalue weighted by molar-refractivity contribution is -0.116. The summed E-state index contributed by atoms with van der Waals surface area (Å²) in [6.07, 6.45) is 0. The average Bonchev–Trinajstić information content (AvgIpc) is 2.87. The number of benzene rings is 2. The molecule has 0 unspecified atom stereocenters. The van der Waals surface area contributed by atoms with Crippen molar-refractivity contribution in [3.05, 3.63) is 60.2 Å². The Morgan fingerprint density at radius 2 is 1.91 bits per heavy atom. The van der Waals surface area contributed by atoms with Crippen LogP contribution in [-0.4, -0.2) is 20.6 Å². The summed E-state index contributed by atoms with van der Waals surface area (Å²) in [5.41, 5.74) is 1.57. The Morgan fingerprint density at radius 3 is 2.68 bits per heavy atom. The van der Waals surface area contributed by atoms with E-state index in [0.29, 0.717) is 11.3 Å². The number of anilines is 1. The molecule has 22 heavy (non-hydrogen) atoms. The molecule has 0 radical (unpaired) electrons. The number of nitrogens with zero attached hydrogens (tertiary/aromatic N) is 2. The van der Waals surface area contributed by atoms with E-state index in [1.54, 1.807) is 22.8 Å². The van der Waals surface area contributed by atoms with Gasteiger partial charge in [0.2, 0.25) is 5.91 Å². The predicted octanol–water partition coefficient (Wildman–Crippen LogP) is 2.31. The van der Waals surface area contributed by atoms with E-state index < -0.39 is 5.82 Å². The highest BCUT2D eigenvalue weighted by atomic mass is 19.1. The number of aliphatic hydroxyl groups is 1. The molecule has 0 saturated heterocycles. The number of amides is 1. The third-order valence-electron chi connectivity index (χ3n) is 3.32. The second-order valence-electron chi connectivity index (χ2n) is 4.79. The van der Waals surface area contributed by atoms with Gasteiger partial charge in [-0.05, 0) is 24.3 Å². The number of para-hydroxylation sites is 3. The third kappa shape index (κ3) is 2.68. The maximum atomic E-state index is 13.6. The van der Waals surface area contributed by atoms with Crippen molar-refractivity contribution >= 4 is 22.6 Å². The first-order chi connectivity index (χ1) is 10.7. The van der Waals surface area contributed by atoms with Gasteiger partial charge in [0.15, 0.2) is 0 Å². The van der Waals surface area contributed by atoms with E-state index >= 15 is 0 Å². The van der Waals surface area contributed by atoms with Crippen LogP contribution in [0.2, 0.25) is 0 Å². The Balaban J connectivity index is 1.86. The fraction of sp³-hybridized carbons (Fsp3) is 0.125. The van der Waals surface area contributed by atoms with Crippen molar-refractivity contribution in [1.29, 1.82) is 0 Å². The van der Waals surface area contributed by atoms with Crippen molar-refractivity contribution in [1.82, 2.24) is 9.55 Å². The van der Waals surface area contributed by atoms with Gasteiger partial charge in [-0.15, -0.1) is 0 Å². The smallest absolute Gasteiger partial charge is 0.244 e. The molecule has 0 saturated carbocycles. The molecule has 112 valence electrons. The molecule has 2 aromatic carbocycles. The zero-order valence-electron chi connectivity index (χ0n) is 11.7. The lowest BCUT2D eigenvalue weighted by atomic mass is 10.3. The van der Waals surface area contributed by atoms with Crippen LogP contribution in [0.4, 0.5) is 10.1 Å². The predicted molar refractivity (Wildman–Crippen MR) is 80.7 cm³/mol. The van der Waals surface area contributed by atoms with Gasteiger partial charge in [-0.1, -0.05) is 24.3 Å². The van der Waals surface area contributed by atoms with Gasteiger partial charge < -0.3 is 15.0 Å². The molecule has 1 aromatic heterocycles. The summed E-state index contributed by atoms with van der Waals surface area (Å²) in [7, 11) is 0. The van der Waals surface area contributed by atoms with E-state index in [1.807, 2.05) is 18.2 Å².